The van der Waals surface area contributed by atoms with Crippen LogP contribution >= 0.6 is 11.6 Å². The zero-order chi connectivity index (χ0) is 9.14. The maximum Gasteiger partial charge on any atom is 0.166 e. The summed E-state index contributed by atoms with van der Waals surface area (Å²) in [4.78, 5) is 21.1. The highest BCUT2D eigenvalue weighted by atomic mass is 35.5. The van der Waals surface area contributed by atoms with Crippen LogP contribution in [0.3, 0.4) is 0 Å². The summed E-state index contributed by atoms with van der Waals surface area (Å²) >= 11 is 5.64. The number of Topliss-reactive ketones (excluding diaryl/α,β-unsaturated/α-hetero) is 1. The summed E-state index contributed by atoms with van der Waals surface area (Å²) in [6, 6.07) is 1.53. The normalized spacial score (nSPS) is 9.83. The van der Waals surface area contributed by atoms with Gasteiger partial charge in [0.05, 0.1) is 17.3 Å². The molecule has 0 bridgehead atoms. The van der Waals surface area contributed by atoms with Gasteiger partial charge in [-0.2, -0.15) is 0 Å². The predicted molar refractivity (Wildman–Crippen MR) is 45.5 cm³/mol. The predicted octanol–water partition coefficient (Wildman–Crippen LogP) is 1.54. The summed E-state index contributed by atoms with van der Waals surface area (Å²) in [5.74, 6) is -0.00892. The molecule has 0 radical (unpaired) electrons. The Hall–Kier alpha value is -1.09. The van der Waals surface area contributed by atoms with Crippen molar-refractivity contribution in [3.8, 4) is 0 Å². The van der Waals surface area contributed by atoms with Crippen molar-refractivity contribution in [2.45, 2.75) is 13.5 Å². The lowest BCUT2D eigenvalue weighted by molar-refractivity contribution is -0.117. The second-order valence-electron chi connectivity index (χ2n) is 2.53. The average Bonchev–Trinajstić information content (AvgIpc) is 2.29. The monoisotopic (exact) mass is 185 g/mol. The van der Waals surface area contributed by atoms with E-state index in [1.165, 1.54) is 17.6 Å². The fraction of sp³-hybridized carbons (Fsp3) is 0.250. The molecule has 0 saturated heterocycles. The Labute approximate surface area is 74.9 Å². The van der Waals surface area contributed by atoms with Crippen molar-refractivity contribution in [2.75, 3.05) is 0 Å². The summed E-state index contributed by atoms with van der Waals surface area (Å²) in [7, 11) is 0. The van der Waals surface area contributed by atoms with Crippen molar-refractivity contribution < 1.29 is 9.59 Å². The van der Waals surface area contributed by atoms with E-state index in [2.05, 4.69) is 0 Å². The highest BCUT2D eigenvalue weighted by Crippen LogP contribution is 2.12. The fourth-order valence-electron chi connectivity index (χ4n) is 0.963. The molecule has 0 atom stereocenters. The minimum absolute atomic E-state index is 0.00892. The van der Waals surface area contributed by atoms with E-state index in [0.29, 0.717) is 17.0 Å². The van der Waals surface area contributed by atoms with Gasteiger partial charge in [0.2, 0.25) is 0 Å². The first-order valence-corrected chi connectivity index (χ1v) is 3.81. The number of hydrogen-bond acceptors (Lipinski definition) is 2. The van der Waals surface area contributed by atoms with E-state index in [9.17, 15) is 9.59 Å². The quantitative estimate of drug-likeness (QED) is 0.671. The number of nitrogens with zero attached hydrogens (tertiary/aromatic N) is 1. The molecule has 0 aliphatic rings. The van der Waals surface area contributed by atoms with Gasteiger partial charge < -0.3 is 4.57 Å². The molecule has 1 aromatic rings. The van der Waals surface area contributed by atoms with Crippen LogP contribution in [-0.4, -0.2) is 16.6 Å². The number of halogens is 1. The molecule has 64 valence electrons. The lowest BCUT2D eigenvalue weighted by Gasteiger charge is -1.99. The molecule has 0 aromatic carbocycles. The van der Waals surface area contributed by atoms with Crippen LogP contribution in [0.25, 0.3) is 0 Å². The number of rotatable bonds is 3. The standard InChI is InChI=1S/C8H8ClNO2/c1-6(12)3-10-4-7(9)2-8(10)5-11/h2,4-5H,3H2,1H3. The van der Waals surface area contributed by atoms with E-state index in [-0.39, 0.29) is 12.3 Å². The van der Waals surface area contributed by atoms with Crippen LogP contribution in [0.1, 0.15) is 17.4 Å². The Morgan fingerprint density at radius 3 is 2.92 bits per heavy atom. The van der Waals surface area contributed by atoms with E-state index < -0.39 is 0 Å². The Kier molecular flexibility index (Phi) is 2.65. The molecule has 0 saturated carbocycles. The molecule has 3 nitrogen and oxygen atoms in total. The van der Waals surface area contributed by atoms with Gasteiger partial charge >= 0.3 is 0 Å². The third-order valence-electron chi connectivity index (χ3n) is 1.41. The largest absolute Gasteiger partial charge is 0.336 e. The van der Waals surface area contributed by atoms with E-state index in [1.807, 2.05) is 0 Å². The van der Waals surface area contributed by atoms with Crippen molar-refractivity contribution in [3.63, 3.8) is 0 Å². The first kappa shape index (κ1) is 9.00. The number of carbonyl (C=O) groups is 2. The van der Waals surface area contributed by atoms with Crippen LogP contribution in [0, 0.1) is 0 Å². The Morgan fingerprint density at radius 2 is 2.42 bits per heavy atom. The zero-order valence-electron chi connectivity index (χ0n) is 6.58. The Balaban J connectivity index is 2.96. The van der Waals surface area contributed by atoms with Gasteiger partial charge in [0.15, 0.2) is 6.29 Å². The highest BCUT2D eigenvalue weighted by molar-refractivity contribution is 6.30. The van der Waals surface area contributed by atoms with Crippen LogP contribution in [0.4, 0.5) is 0 Å². The lowest BCUT2D eigenvalue weighted by Crippen LogP contribution is -2.07. The van der Waals surface area contributed by atoms with Gasteiger partial charge in [0, 0.05) is 6.20 Å². The van der Waals surface area contributed by atoms with Gasteiger partial charge in [0.1, 0.15) is 5.78 Å². The molecule has 0 N–H and O–H groups in total. The molecular weight excluding hydrogens is 178 g/mol. The van der Waals surface area contributed by atoms with Crippen LogP contribution in [0.5, 0.6) is 0 Å². The molecule has 1 heterocycles. The smallest absolute Gasteiger partial charge is 0.166 e. The van der Waals surface area contributed by atoms with Crippen LogP contribution in [-0.2, 0) is 11.3 Å². The second-order valence-corrected chi connectivity index (χ2v) is 2.97. The molecule has 0 fully saturated rings. The third-order valence-corrected chi connectivity index (χ3v) is 1.62. The van der Waals surface area contributed by atoms with Crippen molar-refractivity contribution in [1.29, 1.82) is 0 Å². The first-order chi connectivity index (χ1) is 5.63. The maximum atomic E-state index is 10.7. The van der Waals surface area contributed by atoms with Gasteiger partial charge in [0.25, 0.3) is 0 Å². The van der Waals surface area contributed by atoms with Gasteiger partial charge in [-0.15, -0.1) is 0 Å². The van der Waals surface area contributed by atoms with E-state index in [0.717, 1.165) is 0 Å². The van der Waals surface area contributed by atoms with Gasteiger partial charge in [-0.1, -0.05) is 11.6 Å². The molecule has 12 heavy (non-hydrogen) atoms. The minimum atomic E-state index is -0.00892. The number of aromatic nitrogens is 1. The molecule has 0 amide bonds. The van der Waals surface area contributed by atoms with Crippen molar-refractivity contribution in [1.82, 2.24) is 4.57 Å². The molecule has 1 aromatic heterocycles. The van der Waals surface area contributed by atoms with E-state index >= 15 is 0 Å². The van der Waals surface area contributed by atoms with E-state index in [4.69, 9.17) is 11.6 Å². The Bertz CT molecular complexity index is 317. The SMILES string of the molecule is CC(=O)Cn1cc(Cl)cc1C=O. The van der Waals surface area contributed by atoms with Gasteiger partial charge in [-0.25, -0.2) is 0 Å². The van der Waals surface area contributed by atoms with Gasteiger partial charge in [-0.05, 0) is 13.0 Å². The molecule has 0 spiro atoms. The third kappa shape index (κ3) is 1.95. The molecule has 1 rings (SSSR count). The number of aldehydes is 1. The lowest BCUT2D eigenvalue weighted by atomic mass is 10.4. The van der Waals surface area contributed by atoms with Crippen LogP contribution in [0.15, 0.2) is 12.3 Å². The van der Waals surface area contributed by atoms with Gasteiger partial charge in [-0.3, -0.25) is 9.59 Å². The van der Waals surface area contributed by atoms with Crippen molar-refractivity contribution in [3.05, 3.63) is 23.0 Å². The summed E-state index contributed by atoms with van der Waals surface area (Å²) in [6.07, 6.45) is 2.24. The highest BCUT2D eigenvalue weighted by Gasteiger charge is 2.04. The van der Waals surface area contributed by atoms with Crippen molar-refractivity contribution >= 4 is 23.7 Å². The van der Waals surface area contributed by atoms with Crippen LogP contribution < -0.4 is 0 Å². The van der Waals surface area contributed by atoms with Crippen molar-refractivity contribution in [2.24, 2.45) is 0 Å². The maximum absolute atomic E-state index is 10.7. The fourth-order valence-corrected chi connectivity index (χ4v) is 1.19. The summed E-state index contributed by atoms with van der Waals surface area (Å²) in [5.41, 5.74) is 0.426. The molecule has 4 heteroatoms. The molecule has 0 aliphatic carbocycles. The number of hydrogen-bond donors (Lipinski definition) is 0. The molecule has 0 unspecified atom stereocenters. The zero-order valence-corrected chi connectivity index (χ0v) is 7.34. The number of ketones is 1. The summed E-state index contributed by atoms with van der Waals surface area (Å²) in [5, 5.41) is 0.471. The second kappa shape index (κ2) is 3.54. The average molecular weight is 186 g/mol. The topological polar surface area (TPSA) is 39.1 Å². The minimum Gasteiger partial charge on any atom is -0.336 e. The summed E-state index contributed by atoms with van der Waals surface area (Å²) < 4.78 is 1.53. The first-order valence-electron chi connectivity index (χ1n) is 3.44. The molecular formula is C8H8ClNO2. The summed E-state index contributed by atoms with van der Waals surface area (Å²) in [6.45, 7) is 1.66. The van der Waals surface area contributed by atoms with E-state index in [1.54, 1.807) is 6.20 Å². The Morgan fingerprint density at radius 1 is 1.75 bits per heavy atom. The number of carbonyl (C=O) groups excluding carboxylic acids is 2. The molecule has 0 aliphatic heterocycles. The van der Waals surface area contributed by atoms with Crippen LogP contribution in [0.2, 0.25) is 5.02 Å².